The molecule has 0 aromatic carbocycles. The Hall–Kier alpha value is -4.40. The van der Waals surface area contributed by atoms with Gasteiger partial charge in [-0.25, -0.2) is 0 Å². The molecule has 0 aromatic rings. The van der Waals surface area contributed by atoms with E-state index in [9.17, 15) is 0 Å². The number of hydrogen-bond donors (Lipinski definition) is 0. The van der Waals surface area contributed by atoms with Crippen molar-refractivity contribution in [1.82, 2.24) is 0 Å². The molecule has 0 saturated carbocycles. The van der Waals surface area contributed by atoms with Gasteiger partial charge in [-0.3, -0.25) is 0 Å². The lowest BCUT2D eigenvalue weighted by atomic mass is 10.4. The summed E-state index contributed by atoms with van der Waals surface area (Å²) in [4.78, 5) is 0. The van der Waals surface area contributed by atoms with Crippen LogP contribution in [0.1, 0.15) is 0 Å². The first-order valence-corrected chi connectivity index (χ1v) is 5.00. The monoisotopic (exact) mass is 240 g/mol. The summed E-state index contributed by atoms with van der Waals surface area (Å²) in [7, 11) is 0. The maximum Gasteiger partial charge on any atom is 0 e. The SMILES string of the molecule is C1#CC#CC#CC#CC#CC#CC#CC#CC#CC#C1. The molecule has 0 saturated heterocycles. The highest BCUT2D eigenvalue weighted by Gasteiger charge is 1.59. The summed E-state index contributed by atoms with van der Waals surface area (Å²) in [6, 6.07) is 0. The molecule has 0 aromatic heterocycles. The zero-order valence-electron chi connectivity index (χ0n) is 10.0. The van der Waals surface area contributed by atoms with Gasteiger partial charge in [0, 0.05) is 118 Å². The van der Waals surface area contributed by atoms with E-state index >= 15 is 0 Å². The Bertz CT molecular complexity index is 667. The fourth-order valence-electron chi connectivity index (χ4n) is 0.625. The second kappa shape index (κ2) is 11.1. The molecule has 0 heterocycles. The summed E-state index contributed by atoms with van der Waals surface area (Å²) in [6.07, 6.45) is 0. The molecule has 20 heavy (non-hydrogen) atoms. The Labute approximate surface area is 119 Å². The standard InChI is InChI=1S/C20/c1-2-4-6-8-10-12-14-16-18-20-19-17-15-13-11-9-7-5-3-1. The second-order valence-corrected chi connectivity index (χ2v) is 2.50. The molecule has 0 unspecified atom stereocenters. The molecule has 1 aliphatic rings. The lowest BCUT2D eigenvalue weighted by Crippen LogP contribution is -1.57. The van der Waals surface area contributed by atoms with Crippen LogP contribution in [0.25, 0.3) is 0 Å². The minimum atomic E-state index is 2.50. The van der Waals surface area contributed by atoms with Crippen LogP contribution in [0.3, 0.4) is 0 Å². The zero-order valence-corrected chi connectivity index (χ0v) is 10.0. The van der Waals surface area contributed by atoms with Gasteiger partial charge in [-0.2, -0.15) is 0 Å². The fraction of sp³-hybridized carbons (Fsp3) is 0. The lowest BCUT2D eigenvalue weighted by molar-refractivity contribution is 2.31. The molecule has 0 aliphatic heterocycles. The van der Waals surface area contributed by atoms with Crippen molar-refractivity contribution < 1.29 is 0 Å². The van der Waals surface area contributed by atoms with Crippen LogP contribution >= 0.6 is 0 Å². The van der Waals surface area contributed by atoms with Gasteiger partial charge < -0.3 is 0 Å². The van der Waals surface area contributed by atoms with Crippen LogP contribution in [0, 0.1) is 118 Å². The van der Waals surface area contributed by atoms with Gasteiger partial charge in [0.05, 0.1) is 0 Å². The highest BCUT2D eigenvalue weighted by molar-refractivity contribution is 5.48. The predicted molar refractivity (Wildman–Crippen MR) is 77.8 cm³/mol. The van der Waals surface area contributed by atoms with E-state index in [1.54, 1.807) is 0 Å². The minimum absolute atomic E-state index is 2.50. The van der Waals surface area contributed by atoms with Gasteiger partial charge in [0.25, 0.3) is 0 Å². The summed E-state index contributed by atoms with van der Waals surface area (Å²) in [5.41, 5.74) is 0. The number of hydrogen-bond acceptors (Lipinski definition) is 0. The van der Waals surface area contributed by atoms with Crippen LogP contribution in [-0.4, -0.2) is 0 Å². The highest BCUT2D eigenvalue weighted by atomic mass is 13.6. The minimum Gasteiger partial charge on any atom is 0 e. The van der Waals surface area contributed by atoms with Gasteiger partial charge in [0.1, 0.15) is 0 Å². The Morgan fingerprint density at radius 2 is 0.150 bits per heavy atom. The number of rotatable bonds is 0. The molecule has 0 nitrogen and oxygen atoms in total. The summed E-state index contributed by atoms with van der Waals surface area (Å²) < 4.78 is 0. The van der Waals surface area contributed by atoms with Crippen molar-refractivity contribution in [1.29, 1.82) is 0 Å². The van der Waals surface area contributed by atoms with Crippen LogP contribution in [0.2, 0.25) is 0 Å². The van der Waals surface area contributed by atoms with E-state index in [1.165, 1.54) is 0 Å². The van der Waals surface area contributed by atoms with Gasteiger partial charge in [-0.1, -0.05) is 0 Å². The smallest absolute Gasteiger partial charge is 0 e. The normalized spacial score (nSPS) is 8.00. The maximum atomic E-state index is 2.50. The van der Waals surface area contributed by atoms with E-state index in [-0.39, 0.29) is 0 Å². The molecule has 0 N–H and O–H groups in total. The van der Waals surface area contributed by atoms with E-state index in [4.69, 9.17) is 0 Å². The van der Waals surface area contributed by atoms with Gasteiger partial charge >= 0.3 is 0 Å². The molecule has 0 spiro atoms. The first-order valence-electron chi connectivity index (χ1n) is 5.00. The van der Waals surface area contributed by atoms with E-state index in [2.05, 4.69) is 118 Å². The molecule has 0 bridgehead atoms. The molecule has 1 rings (SSSR count). The third-order valence-electron chi connectivity index (χ3n) is 1.25. The fourth-order valence-corrected chi connectivity index (χ4v) is 0.625. The molecule has 0 fully saturated rings. The topological polar surface area (TPSA) is 0 Å². The van der Waals surface area contributed by atoms with Crippen molar-refractivity contribution >= 4 is 0 Å². The van der Waals surface area contributed by atoms with Gasteiger partial charge in [-0.15, -0.1) is 0 Å². The molecule has 0 atom stereocenters. The molecule has 1 aliphatic carbocycles. The third-order valence-corrected chi connectivity index (χ3v) is 1.25. The summed E-state index contributed by atoms with van der Waals surface area (Å²) >= 11 is 0. The Kier molecular flexibility index (Phi) is 7.58. The van der Waals surface area contributed by atoms with Crippen molar-refractivity contribution in [2.45, 2.75) is 0 Å². The first kappa shape index (κ1) is 13.7. The van der Waals surface area contributed by atoms with Gasteiger partial charge in [0.15, 0.2) is 0 Å². The summed E-state index contributed by atoms with van der Waals surface area (Å²) in [6.45, 7) is 0. The predicted octanol–water partition coefficient (Wildman–Crippen LogP) is 0.0340. The van der Waals surface area contributed by atoms with Crippen molar-refractivity contribution in [3.05, 3.63) is 0 Å². The lowest BCUT2D eigenvalue weighted by Gasteiger charge is -1.58. The van der Waals surface area contributed by atoms with Crippen LogP contribution < -0.4 is 0 Å². The Morgan fingerprint density at radius 3 is 0.200 bits per heavy atom. The molecule has 0 amide bonds. The Balaban J connectivity index is 3.00. The summed E-state index contributed by atoms with van der Waals surface area (Å²) in [5, 5.41) is 0. The molecule has 0 heteroatoms. The van der Waals surface area contributed by atoms with Crippen molar-refractivity contribution in [2.24, 2.45) is 0 Å². The van der Waals surface area contributed by atoms with Crippen LogP contribution in [-0.2, 0) is 0 Å². The third kappa shape index (κ3) is 8.87. The van der Waals surface area contributed by atoms with Crippen molar-refractivity contribution in [2.75, 3.05) is 0 Å². The van der Waals surface area contributed by atoms with E-state index < -0.39 is 0 Å². The zero-order chi connectivity index (χ0) is 14.1. The molecular weight excluding hydrogens is 240 g/mol. The molecule has 0 radical (unpaired) electrons. The van der Waals surface area contributed by atoms with E-state index in [0.29, 0.717) is 0 Å². The largest absolute Gasteiger partial charge is 0 e. The summed E-state index contributed by atoms with van der Waals surface area (Å²) in [5.74, 6) is 50.0. The van der Waals surface area contributed by atoms with Crippen LogP contribution in [0.4, 0.5) is 0 Å². The van der Waals surface area contributed by atoms with Gasteiger partial charge in [0.2, 0.25) is 0 Å². The Morgan fingerprint density at radius 1 is 0.100 bits per heavy atom. The van der Waals surface area contributed by atoms with Gasteiger partial charge in [-0.05, 0) is 0 Å². The molecule has 80 valence electrons. The first-order chi connectivity index (χ1) is 10.0. The van der Waals surface area contributed by atoms with E-state index in [1.807, 2.05) is 0 Å². The second-order valence-electron chi connectivity index (χ2n) is 2.50. The van der Waals surface area contributed by atoms with Crippen LogP contribution in [0.5, 0.6) is 0 Å². The average Bonchev–Trinajstić information content (AvgIpc) is 2.46. The van der Waals surface area contributed by atoms with Crippen molar-refractivity contribution in [3.8, 4) is 118 Å². The highest BCUT2D eigenvalue weighted by Crippen LogP contribution is 1.60. The molecular formula is C20. The van der Waals surface area contributed by atoms with Crippen molar-refractivity contribution in [3.63, 3.8) is 0 Å². The quantitative estimate of drug-likeness (QED) is 0.524. The van der Waals surface area contributed by atoms with Crippen LogP contribution in [0.15, 0.2) is 0 Å². The average molecular weight is 240 g/mol. The van der Waals surface area contributed by atoms with E-state index in [0.717, 1.165) is 0 Å². The maximum absolute atomic E-state index is 2.50.